The number of ether oxygens (including phenoxy) is 1. The zero-order valence-corrected chi connectivity index (χ0v) is 14.9. The van der Waals surface area contributed by atoms with E-state index in [4.69, 9.17) is 4.74 Å². The topological polar surface area (TPSA) is 67.4 Å². The molecule has 5 nitrogen and oxygen atoms in total. The summed E-state index contributed by atoms with van der Waals surface area (Å²) in [5.74, 6) is 0.0406. The van der Waals surface area contributed by atoms with Crippen molar-refractivity contribution in [3.05, 3.63) is 64.7 Å². The van der Waals surface area contributed by atoms with E-state index in [-0.39, 0.29) is 11.8 Å². The first-order valence-electron chi connectivity index (χ1n) is 8.38. The molecule has 0 saturated heterocycles. The van der Waals surface area contributed by atoms with Crippen molar-refractivity contribution in [3.63, 3.8) is 0 Å². The van der Waals surface area contributed by atoms with Crippen molar-refractivity contribution < 1.29 is 14.3 Å². The summed E-state index contributed by atoms with van der Waals surface area (Å²) in [6, 6.07) is 13.3. The van der Waals surface area contributed by atoms with Gasteiger partial charge < -0.3 is 15.4 Å². The minimum Gasteiger partial charge on any atom is -0.492 e. The van der Waals surface area contributed by atoms with Gasteiger partial charge in [0.1, 0.15) is 5.75 Å². The maximum atomic E-state index is 12.2. The number of hydrogen-bond donors (Lipinski definition) is 2. The molecule has 0 bridgehead atoms. The van der Waals surface area contributed by atoms with Crippen molar-refractivity contribution in [2.24, 2.45) is 0 Å². The van der Waals surface area contributed by atoms with Crippen molar-refractivity contribution in [2.75, 3.05) is 20.2 Å². The normalized spacial score (nSPS) is 10.2. The summed E-state index contributed by atoms with van der Waals surface area (Å²) >= 11 is 0. The van der Waals surface area contributed by atoms with Crippen LogP contribution >= 0.6 is 0 Å². The summed E-state index contributed by atoms with van der Waals surface area (Å²) in [5, 5.41) is 5.35. The van der Waals surface area contributed by atoms with Crippen molar-refractivity contribution in [2.45, 2.75) is 20.3 Å². The number of hydrogen-bond acceptors (Lipinski definition) is 3. The third kappa shape index (κ3) is 4.83. The van der Waals surface area contributed by atoms with E-state index in [9.17, 15) is 9.59 Å². The van der Waals surface area contributed by atoms with Gasteiger partial charge in [0.25, 0.3) is 11.8 Å². The number of benzene rings is 2. The Bertz CT molecular complexity index is 742. The van der Waals surface area contributed by atoms with Gasteiger partial charge in [-0.15, -0.1) is 0 Å². The summed E-state index contributed by atoms with van der Waals surface area (Å²) in [5.41, 5.74) is 2.75. The largest absolute Gasteiger partial charge is 0.492 e. The highest BCUT2D eigenvalue weighted by atomic mass is 16.5. The van der Waals surface area contributed by atoms with E-state index in [0.717, 1.165) is 12.0 Å². The summed E-state index contributed by atoms with van der Waals surface area (Å²) in [7, 11) is 1.56. The molecule has 2 rings (SSSR count). The molecular weight excluding hydrogens is 316 g/mol. The fourth-order valence-electron chi connectivity index (χ4n) is 2.58. The monoisotopic (exact) mass is 340 g/mol. The molecule has 0 spiro atoms. The molecule has 2 aromatic carbocycles. The second-order valence-electron chi connectivity index (χ2n) is 5.69. The first kappa shape index (κ1) is 18.5. The number of carbonyl (C=O) groups excluding carboxylic acids is 2. The second kappa shape index (κ2) is 8.87. The van der Waals surface area contributed by atoms with Crippen LogP contribution in [0.1, 0.15) is 38.8 Å². The lowest BCUT2D eigenvalue weighted by Crippen LogP contribution is -2.25. The lowest BCUT2D eigenvalue weighted by Gasteiger charge is -2.15. The highest BCUT2D eigenvalue weighted by Crippen LogP contribution is 2.26. The summed E-state index contributed by atoms with van der Waals surface area (Å²) in [4.78, 5) is 24.3. The molecule has 2 amide bonds. The van der Waals surface area contributed by atoms with Crippen LogP contribution in [0.2, 0.25) is 0 Å². The highest BCUT2D eigenvalue weighted by Gasteiger charge is 2.18. The lowest BCUT2D eigenvalue weighted by molar-refractivity contribution is 0.0955. The van der Waals surface area contributed by atoms with E-state index in [2.05, 4.69) is 10.6 Å². The SMILES string of the molecule is CCNC(=O)c1cc(C)c(OCCc2ccccc2)c(C(=O)NC)c1. The average Bonchev–Trinajstić information content (AvgIpc) is 2.63. The van der Waals surface area contributed by atoms with Crippen molar-refractivity contribution in [3.8, 4) is 5.75 Å². The van der Waals surface area contributed by atoms with Crippen molar-refractivity contribution in [1.82, 2.24) is 10.6 Å². The molecule has 5 heteroatoms. The Labute approximate surface area is 148 Å². The number of amides is 2. The van der Waals surface area contributed by atoms with Gasteiger partial charge in [-0.2, -0.15) is 0 Å². The number of carbonyl (C=O) groups is 2. The Balaban J connectivity index is 2.23. The molecule has 0 fully saturated rings. The minimum atomic E-state index is -0.274. The Kier molecular flexibility index (Phi) is 6.57. The Hall–Kier alpha value is -2.82. The quantitative estimate of drug-likeness (QED) is 0.814. The van der Waals surface area contributed by atoms with E-state index in [1.54, 1.807) is 19.2 Å². The van der Waals surface area contributed by atoms with E-state index >= 15 is 0 Å². The molecule has 0 aromatic heterocycles. The van der Waals surface area contributed by atoms with Gasteiger partial charge in [-0.25, -0.2) is 0 Å². The van der Waals surface area contributed by atoms with Crippen LogP contribution in [0.25, 0.3) is 0 Å². The van der Waals surface area contributed by atoms with Crippen molar-refractivity contribution in [1.29, 1.82) is 0 Å². The van der Waals surface area contributed by atoms with Crippen LogP contribution in [0.3, 0.4) is 0 Å². The smallest absolute Gasteiger partial charge is 0.254 e. The molecule has 0 atom stereocenters. The van der Waals surface area contributed by atoms with E-state index < -0.39 is 0 Å². The maximum absolute atomic E-state index is 12.2. The maximum Gasteiger partial charge on any atom is 0.254 e. The zero-order valence-electron chi connectivity index (χ0n) is 14.9. The molecule has 132 valence electrons. The molecule has 2 aromatic rings. The zero-order chi connectivity index (χ0) is 18.2. The van der Waals surface area contributed by atoms with Gasteiger partial charge in [-0.05, 0) is 37.1 Å². The van der Waals surface area contributed by atoms with Gasteiger partial charge in [0.15, 0.2) is 0 Å². The molecule has 0 aliphatic rings. The predicted octanol–water partition coefficient (Wildman–Crippen LogP) is 2.73. The minimum absolute atomic E-state index is 0.202. The summed E-state index contributed by atoms with van der Waals surface area (Å²) in [6.07, 6.45) is 0.742. The summed E-state index contributed by atoms with van der Waals surface area (Å²) < 4.78 is 5.90. The Morgan fingerprint density at radius 3 is 2.44 bits per heavy atom. The van der Waals surface area contributed by atoms with Crippen LogP contribution in [-0.2, 0) is 6.42 Å². The van der Waals surface area contributed by atoms with E-state index in [0.29, 0.717) is 30.0 Å². The van der Waals surface area contributed by atoms with Gasteiger partial charge in [0.2, 0.25) is 0 Å². The number of rotatable bonds is 7. The van der Waals surface area contributed by atoms with Gasteiger partial charge in [0, 0.05) is 25.6 Å². The first-order chi connectivity index (χ1) is 12.1. The fourth-order valence-corrected chi connectivity index (χ4v) is 2.58. The molecule has 0 aliphatic carbocycles. The van der Waals surface area contributed by atoms with Gasteiger partial charge in [-0.1, -0.05) is 30.3 Å². The fraction of sp³-hybridized carbons (Fsp3) is 0.300. The number of aryl methyl sites for hydroxylation is 1. The van der Waals surface area contributed by atoms with Crippen LogP contribution in [0.4, 0.5) is 0 Å². The predicted molar refractivity (Wildman–Crippen MR) is 98.2 cm³/mol. The number of nitrogens with one attached hydrogen (secondary N) is 2. The molecule has 0 unspecified atom stereocenters. The van der Waals surface area contributed by atoms with Crippen LogP contribution in [0.5, 0.6) is 5.75 Å². The van der Waals surface area contributed by atoms with E-state index in [1.807, 2.05) is 44.2 Å². The molecular formula is C20H24N2O3. The van der Waals surface area contributed by atoms with Gasteiger partial charge >= 0.3 is 0 Å². The molecule has 0 radical (unpaired) electrons. The van der Waals surface area contributed by atoms with Crippen molar-refractivity contribution >= 4 is 11.8 Å². The van der Waals surface area contributed by atoms with Crippen LogP contribution < -0.4 is 15.4 Å². The Morgan fingerprint density at radius 1 is 1.08 bits per heavy atom. The molecule has 2 N–H and O–H groups in total. The summed E-state index contributed by atoms with van der Waals surface area (Å²) in [6.45, 7) is 4.68. The molecule has 25 heavy (non-hydrogen) atoms. The van der Waals surface area contributed by atoms with Gasteiger partial charge in [-0.3, -0.25) is 9.59 Å². The van der Waals surface area contributed by atoms with Crippen LogP contribution in [0.15, 0.2) is 42.5 Å². The molecule has 0 aliphatic heterocycles. The third-order valence-corrected chi connectivity index (χ3v) is 3.83. The molecule has 0 saturated carbocycles. The van der Waals surface area contributed by atoms with Crippen LogP contribution in [-0.4, -0.2) is 32.0 Å². The van der Waals surface area contributed by atoms with Crippen LogP contribution in [0, 0.1) is 6.92 Å². The first-order valence-corrected chi connectivity index (χ1v) is 8.38. The molecule has 0 heterocycles. The highest BCUT2D eigenvalue weighted by molar-refractivity contribution is 6.02. The Morgan fingerprint density at radius 2 is 1.80 bits per heavy atom. The second-order valence-corrected chi connectivity index (χ2v) is 5.69. The lowest BCUT2D eigenvalue weighted by atomic mass is 10.0. The third-order valence-electron chi connectivity index (χ3n) is 3.83. The average molecular weight is 340 g/mol. The van der Waals surface area contributed by atoms with E-state index in [1.165, 1.54) is 5.56 Å². The standard InChI is InChI=1S/C20H24N2O3/c1-4-22-19(23)16-12-14(2)18(17(13-16)20(24)21-3)25-11-10-15-8-6-5-7-9-15/h5-9,12-13H,4,10-11H2,1-3H3,(H,21,24)(H,22,23). The van der Waals surface area contributed by atoms with Gasteiger partial charge in [0.05, 0.1) is 12.2 Å².